The zero-order chi connectivity index (χ0) is 16.4. The van der Waals surface area contributed by atoms with E-state index >= 15 is 0 Å². The van der Waals surface area contributed by atoms with E-state index in [0.29, 0.717) is 17.9 Å². The molecule has 3 heteroatoms. The topological polar surface area (TPSA) is 41.1 Å². The standard InChI is InChI=1S/C21H28N2O/c1-19-11-16-12-21(19,18(24)23-17-7-9-22-10-8-17)14-20(16,13-19)15-5-3-2-4-6-15/h2-6,16-17,22H,7-14H2,1H3,(H,23,24). The van der Waals surface area contributed by atoms with Gasteiger partial charge in [-0.3, -0.25) is 4.79 Å². The first-order valence-corrected chi connectivity index (χ1v) is 9.65. The van der Waals surface area contributed by atoms with Crippen LogP contribution in [-0.2, 0) is 10.2 Å². The van der Waals surface area contributed by atoms with E-state index in [0.717, 1.165) is 38.8 Å². The largest absolute Gasteiger partial charge is 0.353 e. The Hall–Kier alpha value is -1.35. The van der Waals surface area contributed by atoms with E-state index in [1.54, 1.807) is 0 Å². The number of carbonyl (C=O) groups excluding carboxylic acids is 1. The molecule has 1 saturated heterocycles. The number of hydrogen-bond donors (Lipinski definition) is 2. The Balaban J connectivity index is 1.45. The van der Waals surface area contributed by atoms with Gasteiger partial charge >= 0.3 is 0 Å². The third kappa shape index (κ3) is 1.74. The van der Waals surface area contributed by atoms with E-state index in [2.05, 4.69) is 47.9 Å². The molecular formula is C21H28N2O. The summed E-state index contributed by atoms with van der Waals surface area (Å²) in [6, 6.07) is 11.4. The van der Waals surface area contributed by atoms with Gasteiger partial charge in [0.05, 0.1) is 5.41 Å². The molecule has 1 amide bonds. The van der Waals surface area contributed by atoms with Crippen molar-refractivity contribution >= 4 is 5.91 Å². The third-order valence-corrected chi connectivity index (χ3v) is 8.01. The number of nitrogens with one attached hydrogen (secondary N) is 2. The summed E-state index contributed by atoms with van der Waals surface area (Å²) in [7, 11) is 0. The molecular weight excluding hydrogens is 296 g/mol. The predicted molar refractivity (Wildman–Crippen MR) is 94.7 cm³/mol. The molecule has 0 radical (unpaired) electrons. The Kier molecular flexibility index (Phi) is 3.02. The molecule has 4 atom stereocenters. The molecule has 0 aromatic heterocycles. The van der Waals surface area contributed by atoms with Gasteiger partial charge in [0.2, 0.25) is 5.91 Å². The monoisotopic (exact) mass is 324 g/mol. The molecule has 4 aliphatic carbocycles. The second-order valence-corrected chi connectivity index (χ2v) is 9.12. The fourth-order valence-electron chi connectivity index (χ4n) is 6.93. The molecule has 1 aromatic rings. The molecule has 24 heavy (non-hydrogen) atoms. The Morgan fingerprint density at radius 2 is 1.88 bits per heavy atom. The highest BCUT2D eigenvalue weighted by atomic mass is 16.2. The number of amides is 1. The van der Waals surface area contributed by atoms with Crippen molar-refractivity contribution in [2.24, 2.45) is 16.7 Å². The zero-order valence-corrected chi connectivity index (χ0v) is 14.6. The van der Waals surface area contributed by atoms with E-state index in [1.807, 2.05) is 0 Å². The fraction of sp³-hybridized carbons (Fsp3) is 0.667. The van der Waals surface area contributed by atoms with Gasteiger partial charge in [0.1, 0.15) is 0 Å². The van der Waals surface area contributed by atoms with Crippen LogP contribution in [0.2, 0.25) is 0 Å². The van der Waals surface area contributed by atoms with Crippen LogP contribution in [0.25, 0.3) is 0 Å². The normalized spacial score (nSPS) is 43.5. The van der Waals surface area contributed by atoms with Crippen molar-refractivity contribution in [3.63, 3.8) is 0 Å². The molecule has 3 nitrogen and oxygen atoms in total. The van der Waals surface area contributed by atoms with Gasteiger partial charge in [-0.15, -0.1) is 0 Å². The summed E-state index contributed by atoms with van der Waals surface area (Å²) in [5, 5.41) is 6.84. The van der Waals surface area contributed by atoms with Crippen LogP contribution in [0.1, 0.15) is 51.0 Å². The van der Waals surface area contributed by atoms with Crippen LogP contribution in [0.15, 0.2) is 30.3 Å². The van der Waals surface area contributed by atoms with Crippen LogP contribution in [-0.4, -0.2) is 25.0 Å². The molecule has 1 aromatic carbocycles. The lowest BCUT2D eigenvalue weighted by Gasteiger charge is -2.38. The third-order valence-electron chi connectivity index (χ3n) is 8.01. The van der Waals surface area contributed by atoms with Crippen LogP contribution in [0.3, 0.4) is 0 Å². The lowest BCUT2D eigenvalue weighted by molar-refractivity contribution is -0.136. The summed E-state index contributed by atoms with van der Waals surface area (Å²) < 4.78 is 0. The van der Waals surface area contributed by atoms with Gasteiger partial charge in [0, 0.05) is 6.04 Å². The summed E-state index contributed by atoms with van der Waals surface area (Å²) in [4.78, 5) is 13.4. The molecule has 4 unspecified atom stereocenters. The van der Waals surface area contributed by atoms with Gasteiger partial charge in [0.25, 0.3) is 0 Å². The first-order chi connectivity index (χ1) is 11.6. The lowest BCUT2D eigenvalue weighted by atomic mass is 9.68. The van der Waals surface area contributed by atoms with E-state index < -0.39 is 0 Å². The number of hydrogen-bond acceptors (Lipinski definition) is 2. The predicted octanol–water partition coefficient (Wildman–Crippen LogP) is 3.00. The SMILES string of the molecule is CC12CC3CC1(C(=O)NC1CCNCC1)CC3(c1ccccc1)C2. The highest BCUT2D eigenvalue weighted by Gasteiger charge is 2.78. The van der Waals surface area contributed by atoms with E-state index in [9.17, 15) is 4.79 Å². The maximum Gasteiger partial charge on any atom is 0.227 e. The number of carbonyl (C=O) groups is 1. The van der Waals surface area contributed by atoms with Crippen LogP contribution >= 0.6 is 0 Å². The van der Waals surface area contributed by atoms with Crippen LogP contribution in [0.4, 0.5) is 0 Å². The molecule has 5 fully saturated rings. The number of rotatable bonds is 3. The van der Waals surface area contributed by atoms with Crippen molar-refractivity contribution in [3.05, 3.63) is 35.9 Å². The summed E-state index contributed by atoms with van der Waals surface area (Å²) in [6.45, 7) is 4.46. The van der Waals surface area contributed by atoms with Crippen molar-refractivity contribution in [1.29, 1.82) is 0 Å². The van der Waals surface area contributed by atoms with E-state index in [1.165, 1.54) is 18.4 Å². The van der Waals surface area contributed by atoms with Gasteiger partial charge in [-0.05, 0) is 73.9 Å². The summed E-state index contributed by atoms with van der Waals surface area (Å²) in [5.74, 6) is 1.07. The average Bonchev–Trinajstić information content (AvgIpc) is 3.24. The van der Waals surface area contributed by atoms with E-state index in [-0.39, 0.29) is 16.2 Å². The zero-order valence-electron chi connectivity index (χ0n) is 14.6. The number of piperidine rings is 1. The Labute approximate surface area is 144 Å². The van der Waals surface area contributed by atoms with Crippen molar-refractivity contribution in [2.75, 3.05) is 13.1 Å². The second-order valence-electron chi connectivity index (χ2n) is 9.12. The summed E-state index contributed by atoms with van der Waals surface area (Å²) >= 11 is 0. The first-order valence-electron chi connectivity index (χ1n) is 9.65. The lowest BCUT2D eigenvalue weighted by Crippen LogP contribution is -2.51. The first kappa shape index (κ1) is 14.9. The number of benzene rings is 1. The molecule has 1 aliphatic heterocycles. The molecule has 5 aliphatic rings. The minimum absolute atomic E-state index is 0.113. The van der Waals surface area contributed by atoms with Crippen molar-refractivity contribution in [2.45, 2.75) is 56.9 Å². The second kappa shape index (κ2) is 4.85. The van der Waals surface area contributed by atoms with Crippen LogP contribution < -0.4 is 10.6 Å². The van der Waals surface area contributed by atoms with Gasteiger partial charge in [-0.25, -0.2) is 0 Å². The fourth-order valence-corrected chi connectivity index (χ4v) is 6.93. The van der Waals surface area contributed by atoms with Crippen molar-refractivity contribution in [3.8, 4) is 0 Å². The van der Waals surface area contributed by atoms with Crippen LogP contribution in [0, 0.1) is 16.7 Å². The molecule has 4 saturated carbocycles. The van der Waals surface area contributed by atoms with Gasteiger partial charge < -0.3 is 10.6 Å². The summed E-state index contributed by atoms with van der Waals surface area (Å²) in [6.07, 6.45) is 6.77. The molecule has 1 heterocycles. The molecule has 6 rings (SSSR count). The Morgan fingerprint density at radius 1 is 1.12 bits per heavy atom. The van der Waals surface area contributed by atoms with Crippen molar-refractivity contribution < 1.29 is 4.79 Å². The maximum absolute atomic E-state index is 13.4. The van der Waals surface area contributed by atoms with Gasteiger partial charge in [-0.1, -0.05) is 37.3 Å². The highest BCUT2D eigenvalue weighted by Crippen LogP contribution is 2.81. The van der Waals surface area contributed by atoms with Gasteiger partial charge in [-0.2, -0.15) is 0 Å². The molecule has 0 spiro atoms. The summed E-state index contributed by atoms with van der Waals surface area (Å²) in [5.41, 5.74) is 1.83. The minimum Gasteiger partial charge on any atom is -0.353 e. The molecule has 4 bridgehead atoms. The molecule has 2 N–H and O–H groups in total. The maximum atomic E-state index is 13.4. The smallest absolute Gasteiger partial charge is 0.227 e. The Bertz CT molecular complexity index is 668. The minimum atomic E-state index is -0.113. The molecule has 128 valence electrons. The van der Waals surface area contributed by atoms with E-state index in [4.69, 9.17) is 0 Å². The average molecular weight is 324 g/mol. The Morgan fingerprint density at radius 3 is 2.54 bits per heavy atom. The van der Waals surface area contributed by atoms with Gasteiger partial charge in [0.15, 0.2) is 0 Å². The quantitative estimate of drug-likeness (QED) is 0.897. The van der Waals surface area contributed by atoms with Crippen LogP contribution in [0.5, 0.6) is 0 Å². The van der Waals surface area contributed by atoms with Crippen molar-refractivity contribution in [1.82, 2.24) is 10.6 Å². The highest BCUT2D eigenvalue weighted by molar-refractivity contribution is 5.86.